The van der Waals surface area contributed by atoms with E-state index >= 15 is 0 Å². The molecule has 0 atom stereocenters. The second-order valence-corrected chi connectivity index (χ2v) is 3.76. The van der Waals surface area contributed by atoms with E-state index < -0.39 is 12.1 Å². The minimum atomic E-state index is -0.819. The smallest absolute Gasteiger partial charge is 0.332 e. The molecule has 106 valence electrons. The molecule has 4 amide bonds. The molecule has 0 saturated heterocycles. The van der Waals surface area contributed by atoms with Crippen LogP contribution in [0.4, 0.5) is 9.59 Å². The predicted molar refractivity (Wildman–Crippen MR) is 73.5 cm³/mol. The third kappa shape index (κ3) is 4.64. The fraction of sp³-hybridized carbons (Fsp3) is 0.0909. The summed E-state index contributed by atoms with van der Waals surface area (Å²) < 4.78 is 0. The molecule has 0 unspecified atom stereocenters. The van der Waals surface area contributed by atoms with E-state index in [9.17, 15) is 14.7 Å². The van der Waals surface area contributed by atoms with Crippen LogP contribution >= 0.6 is 0 Å². The van der Waals surface area contributed by atoms with Crippen LogP contribution < -0.4 is 22.3 Å². The third-order valence-corrected chi connectivity index (χ3v) is 2.07. The van der Waals surface area contributed by atoms with Crippen LogP contribution in [-0.2, 0) is 0 Å². The maximum Gasteiger partial charge on any atom is 0.332 e. The summed E-state index contributed by atoms with van der Waals surface area (Å²) in [6.45, 7) is 1.79. The Bertz CT molecular complexity index is 535. The van der Waals surface area contributed by atoms with E-state index in [2.05, 4.69) is 10.2 Å². The standard InChI is InChI=1S/C11H14N6O3/c1-6-2-7(4-14-16-10(12)19)9(18)8(3-6)5-15-17-11(13)20/h2-5,18H,1H3,(H3,12,16,19)(H3,13,17,20)/b14-4+,15-5+. The summed E-state index contributed by atoms with van der Waals surface area (Å²) in [5, 5.41) is 17.1. The average Bonchev–Trinajstić information content (AvgIpc) is 2.33. The Hall–Kier alpha value is -3.10. The zero-order chi connectivity index (χ0) is 15.1. The highest BCUT2D eigenvalue weighted by molar-refractivity contribution is 5.92. The molecule has 1 aromatic carbocycles. The zero-order valence-electron chi connectivity index (χ0n) is 10.6. The number of nitrogens with two attached hydrogens (primary N) is 2. The number of rotatable bonds is 4. The van der Waals surface area contributed by atoms with Gasteiger partial charge in [0.25, 0.3) is 0 Å². The van der Waals surface area contributed by atoms with E-state index in [1.165, 1.54) is 12.4 Å². The first-order valence-electron chi connectivity index (χ1n) is 5.40. The first kappa shape index (κ1) is 15.0. The molecule has 0 aliphatic carbocycles. The number of carbonyl (C=O) groups is 2. The van der Waals surface area contributed by atoms with Gasteiger partial charge in [0.05, 0.1) is 12.4 Å². The molecule has 0 radical (unpaired) electrons. The normalized spacial score (nSPS) is 10.8. The van der Waals surface area contributed by atoms with Crippen molar-refractivity contribution in [2.45, 2.75) is 6.92 Å². The number of phenolic OH excluding ortho intramolecular Hbond substituents is 1. The summed E-state index contributed by atoms with van der Waals surface area (Å²) in [5.74, 6) is -0.124. The number of amides is 4. The van der Waals surface area contributed by atoms with Gasteiger partial charge in [0.15, 0.2) is 0 Å². The minimum Gasteiger partial charge on any atom is -0.507 e. The lowest BCUT2D eigenvalue weighted by molar-refractivity contribution is 0.248. The number of nitrogens with zero attached hydrogens (tertiary/aromatic N) is 2. The van der Waals surface area contributed by atoms with Crippen molar-refractivity contribution in [2.75, 3.05) is 0 Å². The van der Waals surface area contributed by atoms with Crippen molar-refractivity contribution in [1.82, 2.24) is 10.9 Å². The van der Waals surface area contributed by atoms with Gasteiger partial charge in [-0.1, -0.05) is 0 Å². The Kier molecular flexibility index (Phi) is 5.03. The van der Waals surface area contributed by atoms with Crippen LogP contribution in [-0.4, -0.2) is 29.6 Å². The highest BCUT2D eigenvalue weighted by Crippen LogP contribution is 2.21. The lowest BCUT2D eigenvalue weighted by Crippen LogP contribution is -2.24. The van der Waals surface area contributed by atoms with Crippen LogP contribution in [0.3, 0.4) is 0 Å². The van der Waals surface area contributed by atoms with Gasteiger partial charge in [-0.2, -0.15) is 10.2 Å². The zero-order valence-corrected chi connectivity index (χ0v) is 10.6. The van der Waals surface area contributed by atoms with Crippen molar-refractivity contribution in [3.63, 3.8) is 0 Å². The van der Waals surface area contributed by atoms with E-state index in [0.29, 0.717) is 11.1 Å². The van der Waals surface area contributed by atoms with Crippen molar-refractivity contribution in [3.05, 3.63) is 28.8 Å². The molecule has 0 bridgehead atoms. The Morgan fingerprint density at radius 3 is 1.85 bits per heavy atom. The molecule has 0 aliphatic heterocycles. The van der Waals surface area contributed by atoms with Gasteiger partial charge >= 0.3 is 12.1 Å². The lowest BCUT2D eigenvalue weighted by atomic mass is 10.1. The van der Waals surface area contributed by atoms with Crippen LogP contribution in [0.2, 0.25) is 0 Å². The summed E-state index contributed by atoms with van der Waals surface area (Å²) in [6, 6.07) is 1.64. The number of hydrogen-bond acceptors (Lipinski definition) is 5. The molecule has 7 N–H and O–H groups in total. The molecule has 0 spiro atoms. The Balaban J connectivity index is 3.00. The summed E-state index contributed by atoms with van der Waals surface area (Å²) >= 11 is 0. The maximum absolute atomic E-state index is 10.5. The van der Waals surface area contributed by atoms with Crippen LogP contribution in [0.1, 0.15) is 16.7 Å². The number of aryl methyl sites for hydroxylation is 1. The van der Waals surface area contributed by atoms with Crippen molar-refractivity contribution < 1.29 is 14.7 Å². The maximum atomic E-state index is 10.5. The van der Waals surface area contributed by atoms with E-state index in [0.717, 1.165) is 5.56 Å². The van der Waals surface area contributed by atoms with Crippen LogP contribution in [0.5, 0.6) is 5.75 Å². The number of hydrogen-bond donors (Lipinski definition) is 5. The monoisotopic (exact) mass is 278 g/mol. The molecule has 0 saturated carbocycles. The fourth-order valence-electron chi connectivity index (χ4n) is 1.36. The van der Waals surface area contributed by atoms with E-state index in [1.54, 1.807) is 19.1 Å². The van der Waals surface area contributed by atoms with Crippen LogP contribution in [0.15, 0.2) is 22.3 Å². The van der Waals surface area contributed by atoms with Crippen molar-refractivity contribution in [3.8, 4) is 5.75 Å². The molecule has 0 heterocycles. The number of nitrogens with one attached hydrogen (secondary N) is 2. The Labute approximate surface area is 114 Å². The van der Waals surface area contributed by atoms with Crippen LogP contribution in [0, 0.1) is 6.92 Å². The molecule has 0 aliphatic rings. The predicted octanol–water partition coefficient (Wildman–Crippen LogP) is -0.295. The molecule has 9 heteroatoms. The first-order valence-corrected chi connectivity index (χ1v) is 5.40. The topological polar surface area (TPSA) is 155 Å². The van der Waals surface area contributed by atoms with Gasteiger partial charge in [0, 0.05) is 11.1 Å². The van der Waals surface area contributed by atoms with Gasteiger partial charge in [-0.15, -0.1) is 0 Å². The van der Waals surface area contributed by atoms with Crippen molar-refractivity contribution >= 4 is 24.5 Å². The van der Waals surface area contributed by atoms with Gasteiger partial charge < -0.3 is 16.6 Å². The summed E-state index contributed by atoms with van der Waals surface area (Å²) in [6.07, 6.45) is 2.46. The molecule has 1 rings (SSSR count). The molecule has 20 heavy (non-hydrogen) atoms. The molecule has 1 aromatic rings. The fourth-order valence-corrected chi connectivity index (χ4v) is 1.36. The van der Waals surface area contributed by atoms with Gasteiger partial charge in [-0.05, 0) is 24.6 Å². The summed E-state index contributed by atoms with van der Waals surface area (Å²) in [5.41, 5.74) is 15.2. The largest absolute Gasteiger partial charge is 0.507 e. The van der Waals surface area contributed by atoms with Gasteiger partial charge in [0.1, 0.15) is 5.75 Å². The first-order chi connectivity index (χ1) is 9.40. The van der Waals surface area contributed by atoms with E-state index in [1.807, 2.05) is 10.9 Å². The minimum absolute atomic E-state index is 0.124. The highest BCUT2D eigenvalue weighted by Gasteiger charge is 2.06. The Morgan fingerprint density at radius 2 is 1.50 bits per heavy atom. The number of benzene rings is 1. The third-order valence-electron chi connectivity index (χ3n) is 2.07. The van der Waals surface area contributed by atoms with Crippen molar-refractivity contribution in [2.24, 2.45) is 21.7 Å². The Morgan fingerprint density at radius 1 is 1.10 bits per heavy atom. The highest BCUT2D eigenvalue weighted by atomic mass is 16.3. The summed E-state index contributed by atoms with van der Waals surface area (Å²) in [4.78, 5) is 21.0. The van der Waals surface area contributed by atoms with E-state index in [-0.39, 0.29) is 5.75 Å². The molecule has 0 fully saturated rings. The van der Waals surface area contributed by atoms with E-state index in [4.69, 9.17) is 11.5 Å². The quantitative estimate of drug-likeness (QED) is 0.379. The number of carbonyl (C=O) groups excluding carboxylic acids is 2. The number of urea groups is 2. The summed E-state index contributed by atoms with van der Waals surface area (Å²) in [7, 11) is 0. The lowest BCUT2D eigenvalue weighted by Gasteiger charge is -2.05. The molecule has 9 nitrogen and oxygen atoms in total. The molecule has 0 aromatic heterocycles. The second kappa shape index (κ2) is 6.73. The van der Waals surface area contributed by atoms with Gasteiger partial charge in [-0.25, -0.2) is 20.4 Å². The average molecular weight is 278 g/mol. The second-order valence-electron chi connectivity index (χ2n) is 3.76. The van der Waals surface area contributed by atoms with Crippen LogP contribution in [0.25, 0.3) is 0 Å². The number of aromatic hydroxyl groups is 1. The van der Waals surface area contributed by atoms with Gasteiger partial charge in [-0.3, -0.25) is 0 Å². The number of hydrazone groups is 2. The number of primary amides is 2. The van der Waals surface area contributed by atoms with Crippen molar-refractivity contribution in [1.29, 1.82) is 0 Å². The van der Waals surface area contributed by atoms with Gasteiger partial charge in [0.2, 0.25) is 0 Å². The SMILES string of the molecule is Cc1cc(/C=N/NC(N)=O)c(O)c(/C=N/NC(N)=O)c1. The molecular weight excluding hydrogens is 264 g/mol. The molecular formula is C11H14N6O3. The number of phenols is 1.